The van der Waals surface area contributed by atoms with Gasteiger partial charge in [-0.15, -0.1) is 0 Å². The molecule has 0 bridgehead atoms. The molecule has 0 saturated heterocycles. The zero-order valence-electron chi connectivity index (χ0n) is 21.6. The summed E-state index contributed by atoms with van der Waals surface area (Å²) in [7, 11) is 0. The molecule has 32 heavy (non-hydrogen) atoms. The molecule has 0 aliphatic carbocycles. The van der Waals surface area contributed by atoms with Crippen molar-refractivity contribution in [2.24, 2.45) is 17.8 Å². The third-order valence-electron chi connectivity index (χ3n) is 4.97. The predicted molar refractivity (Wildman–Crippen MR) is 127 cm³/mol. The van der Waals surface area contributed by atoms with Crippen molar-refractivity contribution in [3.63, 3.8) is 0 Å². The van der Waals surface area contributed by atoms with Crippen LogP contribution in [0.2, 0.25) is 0 Å². The standard InChI is InChI=1S/C24H47N3O5/c1-10-17(6)14-25-21(29)13-20(28)18(11-15(2)3)26-22(30)19(12-16(4)5)27-23(31)32-24(7,8)9/h15-20,28H,10-14H2,1-9H3,(H,25,29)(H,26,30)(H,27,31)/t17?,18-,19-,20-/m0/s1. The molecular weight excluding hydrogens is 410 g/mol. The maximum absolute atomic E-state index is 13.0. The molecule has 0 heterocycles. The first-order valence-electron chi connectivity index (χ1n) is 11.9. The van der Waals surface area contributed by atoms with Gasteiger partial charge in [0.1, 0.15) is 11.6 Å². The van der Waals surface area contributed by atoms with E-state index >= 15 is 0 Å². The second-order valence-electron chi connectivity index (χ2n) is 10.7. The summed E-state index contributed by atoms with van der Waals surface area (Å²) < 4.78 is 5.29. The molecule has 8 nitrogen and oxygen atoms in total. The molecular formula is C24H47N3O5. The lowest BCUT2D eigenvalue weighted by molar-refractivity contribution is -0.128. The van der Waals surface area contributed by atoms with Crippen LogP contribution in [0.1, 0.15) is 88.0 Å². The maximum atomic E-state index is 13.0. The summed E-state index contributed by atoms with van der Waals surface area (Å²) in [5.41, 5.74) is -0.679. The average molecular weight is 458 g/mol. The summed E-state index contributed by atoms with van der Waals surface area (Å²) in [4.78, 5) is 37.5. The van der Waals surface area contributed by atoms with E-state index in [1.165, 1.54) is 0 Å². The maximum Gasteiger partial charge on any atom is 0.408 e. The summed E-state index contributed by atoms with van der Waals surface area (Å²) in [5.74, 6) is 0.0691. The van der Waals surface area contributed by atoms with E-state index in [-0.39, 0.29) is 24.2 Å². The third-order valence-corrected chi connectivity index (χ3v) is 4.97. The van der Waals surface area contributed by atoms with Crippen LogP contribution in [0, 0.1) is 17.8 Å². The molecule has 0 spiro atoms. The number of nitrogens with one attached hydrogen (secondary N) is 3. The van der Waals surface area contributed by atoms with Gasteiger partial charge in [-0.05, 0) is 51.4 Å². The lowest BCUT2D eigenvalue weighted by Crippen LogP contribution is -2.54. The summed E-state index contributed by atoms with van der Waals surface area (Å²) in [6.07, 6.45) is 0.0967. The van der Waals surface area contributed by atoms with Crippen molar-refractivity contribution in [3.05, 3.63) is 0 Å². The number of ether oxygens (including phenoxy) is 1. The molecule has 0 aliphatic heterocycles. The van der Waals surface area contributed by atoms with Crippen LogP contribution in [0.15, 0.2) is 0 Å². The van der Waals surface area contributed by atoms with E-state index in [4.69, 9.17) is 4.74 Å². The number of alkyl carbamates (subject to hydrolysis) is 1. The van der Waals surface area contributed by atoms with Gasteiger partial charge in [-0.3, -0.25) is 9.59 Å². The van der Waals surface area contributed by atoms with E-state index < -0.39 is 35.8 Å². The minimum absolute atomic E-state index is 0.0948. The fourth-order valence-electron chi connectivity index (χ4n) is 3.09. The van der Waals surface area contributed by atoms with E-state index in [9.17, 15) is 19.5 Å². The van der Waals surface area contributed by atoms with Crippen LogP contribution in [-0.4, -0.2) is 53.3 Å². The van der Waals surface area contributed by atoms with Gasteiger partial charge in [0.05, 0.1) is 18.6 Å². The van der Waals surface area contributed by atoms with Gasteiger partial charge in [0.25, 0.3) is 0 Å². The molecule has 8 heteroatoms. The number of rotatable bonds is 13. The normalized spacial score (nSPS) is 15.6. The number of amides is 3. The van der Waals surface area contributed by atoms with E-state index in [0.717, 1.165) is 6.42 Å². The highest BCUT2D eigenvalue weighted by Crippen LogP contribution is 2.14. The molecule has 3 amide bonds. The second-order valence-corrected chi connectivity index (χ2v) is 10.7. The summed E-state index contributed by atoms with van der Waals surface area (Å²) in [6, 6.07) is -1.40. The summed E-state index contributed by atoms with van der Waals surface area (Å²) in [6.45, 7) is 17.8. The third kappa shape index (κ3) is 14.3. The van der Waals surface area contributed by atoms with Crippen molar-refractivity contribution in [3.8, 4) is 0 Å². The van der Waals surface area contributed by atoms with Crippen LogP contribution >= 0.6 is 0 Å². The number of aliphatic hydroxyl groups excluding tert-OH is 1. The fraction of sp³-hybridized carbons (Fsp3) is 0.875. The van der Waals surface area contributed by atoms with E-state index in [1.54, 1.807) is 20.8 Å². The molecule has 4 atom stereocenters. The molecule has 188 valence electrons. The van der Waals surface area contributed by atoms with Gasteiger partial charge in [-0.2, -0.15) is 0 Å². The van der Waals surface area contributed by atoms with Crippen LogP contribution < -0.4 is 16.0 Å². The average Bonchev–Trinajstić information content (AvgIpc) is 2.62. The highest BCUT2D eigenvalue weighted by atomic mass is 16.6. The molecule has 4 N–H and O–H groups in total. The smallest absolute Gasteiger partial charge is 0.408 e. The second kappa shape index (κ2) is 14.3. The Balaban J connectivity index is 5.21. The van der Waals surface area contributed by atoms with Crippen molar-refractivity contribution < 1.29 is 24.2 Å². The van der Waals surface area contributed by atoms with Gasteiger partial charge in [-0.1, -0.05) is 48.0 Å². The van der Waals surface area contributed by atoms with Crippen molar-refractivity contribution in [2.75, 3.05) is 6.54 Å². The molecule has 0 rings (SSSR count). The largest absolute Gasteiger partial charge is 0.444 e. The molecule has 1 unspecified atom stereocenters. The monoisotopic (exact) mass is 457 g/mol. The van der Waals surface area contributed by atoms with E-state index in [1.807, 2.05) is 34.6 Å². The number of hydrogen-bond acceptors (Lipinski definition) is 5. The highest BCUT2D eigenvalue weighted by molar-refractivity contribution is 5.86. The molecule has 0 aromatic heterocycles. The Hall–Kier alpha value is -1.83. The molecule has 0 aromatic rings. The van der Waals surface area contributed by atoms with E-state index in [2.05, 4.69) is 22.9 Å². The first-order chi connectivity index (χ1) is 14.6. The molecule has 0 aliphatic rings. The van der Waals surface area contributed by atoms with Crippen LogP contribution in [0.5, 0.6) is 0 Å². The van der Waals surface area contributed by atoms with Crippen molar-refractivity contribution in [1.82, 2.24) is 16.0 Å². The van der Waals surface area contributed by atoms with Gasteiger partial charge in [0.15, 0.2) is 0 Å². The SMILES string of the molecule is CCC(C)CNC(=O)C[C@H](O)[C@H](CC(C)C)NC(=O)[C@H](CC(C)C)NC(=O)OC(C)(C)C. The number of carbonyl (C=O) groups excluding carboxylic acids is 3. The lowest BCUT2D eigenvalue weighted by Gasteiger charge is -2.29. The Morgan fingerprint density at radius 2 is 1.50 bits per heavy atom. The molecule has 0 saturated carbocycles. The van der Waals surface area contributed by atoms with Gasteiger partial charge < -0.3 is 25.8 Å². The van der Waals surface area contributed by atoms with Crippen molar-refractivity contribution in [2.45, 2.75) is 112 Å². The fourth-order valence-corrected chi connectivity index (χ4v) is 3.09. The van der Waals surface area contributed by atoms with Gasteiger partial charge >= 0.3 is 6.09 Å². The summed E-state index contributed by atoms with van der Waals surface area (Å²) >= 11 is 0. The van der Waals surface area contributed by atoms with Gasteiger partial charge in [-0.25, -0.2) is 4.79 Å². The molecule has 0 aromatic carbocycles. The summed E-state index contributed by atoms with van der Waals surface area (Å²) in [5, 5.41) is 19.1. The predicted octanol–water partition coefficient (Wildman–Crippen LogP) is 3.37. The van der Waals surface area contributed by atoms with E-state index in [0.29, 0.717) is 25.3 Å². The zero-order chi connectivity index (χ0) is 25.1. The molecule has 0 fully saturated rings. The van der Waals surface area contributed by atoms with Crippen LogP contribution in [0.3, 0.4) is 0 Å². The van der Waals surface area contributed by atoms with Crippen molar-refractivity contribution >= 4 is 17.9 Å². The zero-order valence-corrected chi connectivity index (χ0v) is 21.6. The van der Waals surface area contributed by atoms with Gasteiger partial charge in [0, 0.05) is 6.54 Å². The highest BCUT2D eigenvalue weighted by Gasteiger charge is 2.30. The van der Waals surface area contributed by atoms with Crippen LogP contribution in [-0.2, 0) is 14.3 Å². The lowest BCUT2D eigenvalue weighted by atomic mass is 9.95. The number of carbonyl (C=O) groups is 3. The first-order valence-corrected chi connectivity index (χ1v) is 11.9. The van der Waals surface area contributed by atoms with Crippen LogP contribution in [0.4, 0.5) is 4.79 Å². The van der Waals surface area contributed by atoms with Crippen molar-refractivity contribution in [1.29, 1.82) is 0 Å². The quantitative estimate of drug-likeness (QED) is 0.338. The number of aliphatic hydroxyl groups is 1. The Morgan fingerprint density at radius 3 is 1.97 bits per heavy atom. The first kappa shape index (κ1) is 30.2. The molecule has 0 radical (unpaired) electrons. The number of hydrogen-bond donors (Lipinski definition) is 4. The Morgan fingerprint density at radius 1 is 0.938 bits per heavy atom. The topological polar surface area (TPSA) is 117 Å². The Kier molecular flexibility index (Phi) is 13.5. The van der Waals surface area contributed by atoms with Crippen LogP contribution in [0.25, 0.3) is 0 Å². The minimum atomic E-state index is -1.03. The van der Waals surface area contributed by atoms with Gasteiger partial charge in [0.2, 0.25) is 11.8 Å². The Labute approximate surface area is 194 Å². The Bertz CT molecular complexity index is 587. The minimum Gasteiger partial charge on any atom is -0.444 e.